The van der Waals surface area contributed by atoms with Gasteiger partial charge in [-0.3, -0.25) is 0 Å². The molecule has 0 aliphatic heterocycles. The lowest BCUT2D eigenvalue weighted by Gasteiger charge is -2.18. The Morgan fingerprint density at radius 1 is 1.47 bits per heavy atom. The molecular weight excluding hydrogens is 190 g/mol. The summed E-state index contributed by atoms with van der Waals surface area (Å²) in [5.74, 6) is 1.00. The van der Waals surface area contributed by atoms with Crippen molar-refractivity contribution in [3.05, 3.63) is 24.2 Å². The Labute approximate surface area is 91.8 Å². The van der Waals surface area contributed by atoms with Crippen LogP contribution in [0.5, 0.6) is 0 Å². The van der Waals surface area contributed by atoms with Crippen LogP contribution in [0, 0.1) is 0 Å². The highest BCUT2D eigenvalue weighted by Crippen LogP contribution is 2.16. The molecule has 1 rings (SSSR count). The topological polar surface area (TPSA) is 34.4 Å². The first-order valence-corrected chi connectivity index (χ1v) is 5.66. The lowest BCUT2D eigenvalue weighted by Crippen LogP contribution is -2.30. The van der Waals surface area contributed by atoms with Crippen molar-refractivity contribution in [1.82, 2.24) is 5.32 Å². The zero-order valence-corrected chi connectivity index (χ0v) is 9.82. The summed E-state index contributed by atoms with van der Waals surface area (Å²) in [4.78, 5) is 0. The van der Waals surface area contributed by atoms with Gasteiger partial charge in [0.1, 0.15) is 5.76 Å². The summed E-state index contributed by atoms with van der Waals surface area (Å²) in [6.07, 6.45) is 2.98. The molecule has 1 aromatic rings. The van der Waals surface area contributed by atoms with E-state index in [-0.39, 0.29) is 6.10 Å². The van der Waals surface area contributed by atoms with Crippen molar-refractivity contribution in [1.29, 1.82) is 0 Å². The zero-order chi connectivity index (χ0) is 11.1. The maximum Gasteiger partial charge on any atom is 0.120 e. The maximum atomic E-state index is 5.46. The van der Waals surface area contributed by atoms with E-state index in [1.807, 2.05) is 19.1 Å². The third-order valence-electron chi connectivity index (χ3n) is 2.40. The summed E-state index contributed by atoms with van der Waals surface area (Å²) in [7, 11) is 0. The summed E-state index contributed by atoms with van der Waals surface area (Å²) >= 11 is 0. The molecule has 0 fully saturated rings. The molecule has 86 valence electrons. The molecule has 0 spiro atoms. The predicted octanol–water partition coefficient (Wildman–Crippen LogP) is 2.75. The fourth-order valence-electron chi connectivity index (χ4n) is 1.59. The molecule has 0 saturated heterocycles. The van der Waals surface area contributed by atoms with Crippen molar-refractivity contribution in [3.63, 3.8) is 0 Å². The van der Waals surface area contributed by atoms with E-state index in [4.69, 9.17) is 9.15 Å². The van der Waals surface area contributed by atoms with Crippen molar-refractivity contribution in [2.45, 2.75) is 39.3 Å². The number of hydrogen-bond acceptors (Lipinski definition) is 3. The van der Waals surface area contributed by atoms with Gasteiger partial charge in [-0.05, 0) is 32.4 Å². The Balaban J connectivity index is 2.35. The number of nitrogens with one attached hydrogen (secondary N) is 1. The van der Waals surface area contributed by atoms with Crippen LogP contribution in [0.2, 0.25) is 0 Å². The van der Waals surface area contributed by atoms with Crippen LogP contribution < -0.4 is 5.32 Å². The first-order chi connectivity index (χ1) is 7.27. The number of furan rings is 1. The van der Waals surface area contributed by atoms with Gasteiger partial charge in [0.05, 0.1) is 18.4 Å². The van der Waals surface area contributed by atoms with Crippen LogP contribution in [0.1, 0.15) is 39.0 Å². The minimum Gasteiger partial charge on any atom is -0.468 e. The molecule has 3 nitrogen and oxygen atoms in total. The summed E-state index contributed by atoms with van der Waals surface area (Å²) in [5, 5.41) is 3.44. The second-order valence-electron chi connectivity index (χ2n) is 3.65. The molecule has 15 heavy (non-hydrogen) atoms. The van der Waals surface area contributed by atoms with Crippen LogP contribution in [0.15, 0.2) is 22.8 Å². The fraction of sp³-hybridized carbons (Fsp3) is 0.667. The van der Waals surface area contributed by atoms with Gasteiger partial charge in [0.25, 0.3) is 0 Å². The summed E-state index contributed by atoms with van der Waals surface area (Å²) < 4.78 is 10.8. The van der Waals surface area contributed by atoms with Crippen LogP contribution in [-0.4, -0.2) is 19.3 Å². The van der Waals surface area contributed by atoms with Gasteiger partial charge >= 0.3 is 0 Å². The molecule has 3 heteroatoms. The maximum absolute atomic E-state index is 5.46. The van der Waals surface area contributed by atoms with Crippen LogP contribution in [-0.2, 0) is 4.74 Å². The molecule has 0 amide bonds. The fourth-order valence-corrected chi connectivity index (χ4v) is 1.59. The molecule has 1 aromatic heterocycles. The molecule has 2 atom stereocenters. The number of rotatable bonds is 7. The van der Waals surface area contributed by atoms with E-state index < -0.39 is 0 Å². The van der Waals surface area contributed by atoms with E-state index in [0.717, 1.165) is 25.3 Å². The number of ether oxygens (including phenoxy) is 1. The largest absolute Gasteiger partial charge is 0.468 e. The highest BCUT2D eigenvalue weighted by atomic mass is 16.5. The van der Waals surface area contributed by atoms with Gasteiger partial charge in [0.15, 0.2) is 0 Å². The molecule has 0 bridgehead atoms. The van der Waals surface area contributed by atoms with Gasteiger partial charge in [-0.2, -0.15) is 0 Å². The summed E-state index contributed by atoms with van der Waals surface area (Å²) in [6, 6.07) is 4.22. The molecule has 0 aliphatic carbocycles. The van der Waals surface area contributed by atoms with Crippen LogP contribution >= 0.6 is 0 Å². The summed E-state index contributed by atoms with van der Waals surface area (Å²) in [6.45, 7) is 7.85. The Kier molecular flexibility index (Phi) is 5.43. The molecule has 1 N–H and O–H groups in total. The van der Waals surface area contributed by atoms with Gasteiger partial charge < -0.3 is 14.5 Å². The van der Waals surface area contributed by atoms with Crippen LogP contribution in [0.3, 0.4) is 0 Å². The molecule has 0 radical (unpaired) electrons. The van der Waals surface area contributed by atoms with Gasteiger partial charge in [-0.1, -0.05) is 6.92 Å². The van der Waals surface area contributed by atoms with Gasteiger partial charge in [-0.25, -0.2) is 0 Å². The highest BCUT2D eigenvalue weighted by molar-refractivity contribution is 5.03. The second kappa shape index (κ2) is 6.64. The third kappa shape index (κ3) is 4.06. The van der Waals surface area contributed by atoms with Crippen molar-refractivity contribution in [3.8, 4) is 0 Å². The van der Waals surface area contributed by atoms with Gasteiger partial charge in [-0.15, -0.1) is 0 Å². The van der Waals surface area contributed by atoms with E-state index in [0.29, 0.717) is 6.04 Å². The van der Waals surface area contributed by atoms with E-state index in [2.05, 4.69) is 19.2 Å². The van der Waals surface area contributed by atoms with Gasteiger partial charge in [0.2, 0.25) is 0 Å². The Bertz CT molecular complexity index is 246. The predicted molar refractivity (Wildman–Crippen MR) is 60.8 cm³/mol. The van der Waals surface area contributed by atoms with Crippen molar-refractivity contribution >= 4 is 0 Å². The lowest BCUT2D eigenvalue weighted by atomic mass is 10.1. The van der Waals surface area contributed by atoms with Crippen LogP contribution in [0.4, 0.5) is 0 Å². The van der Waals surface area contributed by atoms with Crippen molar-refractivity contribution in [2.75, 3.05) is 13.2 Å². The first kappa shape index (κ1) is 12.3. The second-order valence-corrected chi connectivity index (χ2v) is 3.65. The minimum atomic E-state index is 0.249. The Hall–Kier alpha value is -0.800. The molecule has 0 aliphatic rings. The molecule has 2 unspecified atom stereocenters. The van der Waals surface area contributed by atoms with E-state index in [9.17, 15) is 0 Å². The normalized spacial score (nSPS) is 15.1. The van der Waals surface area contributed by atoms with E-state index in [1.165, 1.54) is 0 Å². The lowest BCUT2D eigenvalue weighted by molar-refractivity contribution is 0.0732. The zero-order valence-electron chi connectivity index (χ0n) is 9.82. The van der Waals surface area contributed by atoms with E-state index >= 15 is 0 Å². The van der Waals surface area contributed by atoms with Crippen LogP contribution in [0.25, 0.3) is 0 Å². The van der Waals surface area contributed by atoms with Crippen molar-refractivity contribution in [2.24, 2.45) is 0 Å². The molecule has 1 heterocycles. The highest BCUT2D eigenvalue weighted by Gasteiger charge is 2.12. The Morgan fingerprint density at radius 2 is 2.27 bits per heavy atom. The molecule has 0 aromatic carbocycles. The summed E-state index contributed by atoms with van der Waals surface area (Å²) in [5.41, 5.74) is 0. The van der Waals surface area contributed by atoms with E-state index in [1.54, 1.807) is 6.26 Å². The first-order valence-electron chi connectivity index (χ1n) is 5.66. The smallest absolute Gasteiger partial charge is 0.120 e. The molecular formula is C12H21NO2. The number of hydrogen-bond donors (Lipinski definition) is 1. The van der Waals surface area contributed by atoms with Gasteiger partial charge in [0, 0.05) is 13.2 Å². The minimum absolute atomic E-state index is 0.249. The average Bonchev–Trinajstić information content (AvgIpc) is 2.72. The third-order valence-corrected chi connectivity index (χ3v) is 2.40. The van der Waals surface area contributed by atoms with Crippen molar-refractivity contribution < 1.29 is 9.15 Å². The average molecular weight is 211 g/mol. The standard InChI is InChI=1S/C12H21NO2/c1-4-11(12-7-6-8-15-12)13-9-10(3)14-5-2/h6-8,10-11,13H,4-5,9H2,1-3H3. The monoisotopic (exact) mass is 211 g/mol. The quantitative estimate of drug-likeness (QED) is 0.753. The molecule has 0 saturated carbocycles. The SMILES string of the molecule is CCOC(C)CNC(CC)c1ccco1. The Morgan fingerprint density at radius 3 is 2.80 bits per heavy atom.